The Bertz CT molecular complexity index is 210. The van der Waals surface area contributed by atoms with E-state index in [1.807, 2.05) is 0 Å². The quantitative estimate of drug-likeness (QED) is 0.534. The first-order valence-electron chi connectivity index (χ1n) is 5.83. The van der Waals surface area contributed by atoms with Crippen molar-refractivity contribution in [1.82, 2.24) is 5.32 Å². The van der Waals surface area contributed by atoms with Gasteiger partial charge in [0.15, 0.2) is 5.96 Å². The number of rotatable bonds is 5. The zero-order chi connectivity index (χ0) is 11.3. The minimum absolute atomic E-state index is 0.321. The highest BCUT2D eigenvalue weighted by molar-refractivity contribution is 5.78. The van der Waals surface area contributed by atoms with Gasteiger partial charge in [0.1, 0.15) is 0 Å². The fraction of sp³-hybridized carbons (Fsp3) is 0.909. The minimum atomic E-state index is 0.321. The molecule has 1 rings (SSSR count). The summed E-state index contributed by atoms with van der Waals surface area (Å²) < 4.78 is 5.66. The maximum absolute atomic E-state index is 5.71. The molecule has 0 atom stereocenters. The molecular weight excluding hydrogens is 190 g/mol. The monoisotopic (exact) mass is 213 g/mol. The highest BCUT2D eigenvalue weighted by Gasteiger charge is 2.30. The van der Waals surface area contributed by atoms with E-state index in [-0.39, 0.29) is 0 Å². The third-order valence-electron chi connectivity index (χ3n) is 2.42. The molecule has 0 heterocycles. The lowest BCUT2D eigenvalue weighted by molar-refractivity contribution is -0.0466. The van der Waals surface area contributed by atoms with Crippen LogP contribution in [0.25, 0.3) is 0 Å². The second-order valence-electron chi connectivity index (χ2n) is 4.39. The molecular formula is C11H23N3O. The third kappa shape index (κ3) is 4.51. The molecule has 3 N–H and O–H groups in total. The number of nitrogens with two attached hydrogens (primary N) is 1. The Balaban J connectivity index is 2.11. The third-order valence-corrected chi connectivity index (χ3v) is 2.42. The number of ether oxygens (including phenoxy) is 1. The van der Waals surface area contributed by atoms with Gasteiger partial charge in [-0.25, -0.2) is 0 Å². The first-order valence-corrected chi connectivity index (χ1v) is 5.83. The topological polar surface area (TPSA) is 59.6 Å². The van der Waals surface area contributed by atoms with Crippen LogP contribution in [0.4, 0.5) is 0 Å². The number of hydrogen-bond donors (Lipinski definition) is 2. The Morgan fingerprint density at radius 1 is 1.53 bits per heavy atom. The number of aliphatic imine (C=N–C) groups is 1. The van der Waals surface area contributed by atoms with Crippen molar-refractivity contribution in [1.29, 1.82) is 0 Å². The van der Waals surface area contributed by atoms with Gasteiger partial charge in [-0.05, 0) is 33.1 Å². The van der Waals surface area contributed by atoms with Crippen LogP contribution in [0.15, 0.2) is 4.99 Å². The Labute approximate surface area is 92.3 Å². The predicted molar refractivity (Wildman–Crippen MR) is 62.9 cm³/mol. The summed E-state index contributed by atoms with van der Waals surface area (Å²) >= 11 is 0. The van der Waals surface area contributed by atoms with Crippen LogP contribution in [-0.2, 0) is 4.74 Å². The molecule has 0 radical (unpaired) electrons. The van der Waals surface area contributed by atoms with Crippen molar-refractivity contribution in [2.45, 2.75) is 58.3 Å². The van der Waals surface area contributed by atoms with Crippen LogP contribution in [0.3, 0.4) is 0 Å². The molecule has 1 aliphatic rings. The van der Waals surface area contributed by atoms with Gasteiger partial charge in [-0.3, -0.25) is 4.99 Å². The van der Waals surface area contributed by atoms with E-state index in [0.29, 0.717) is 24.2 Å². The molecule has 88 valence electrons. The van der Waals surface area contributed by atoms with Gasteiger partial charge in [-0.15, -0.1) is 0 Å². The molecule has 0 amide bonds. The molecule has 1 saturated carbocycles. The normalized spacial score (nSPS) is 26.5. The molecule has 0 bridgehead atoms. The van der Waals surface area contributed by atoms with Crippen molar-refractivity contribution in [3.63, 3.8) is 0 Å². The van der Waals surface area contributed by atoms with Crippen LogP contribution in [-0.4, -0.2) is 30.8 Å². The van der Waals surface area contributed by atoms with Crippen molar-refractivity contribution < 1.29 is 4.74 Å². The summed E-state index contributed by atoms with van der Waals surface area (Å²) in [5.74, 6) is 0.574. The first kappa shape index (κ1) is 12.3. The van der Waals surface area contributed by atoms with Crippen molar-refractivity contribution >= 4 is 5.96 Å². The zero-order valence-electron chi connectivity index (χ0n) is 9.99. The average Bonchev–Trinajstić information content (AvgIpc) is 2.10. The van der Waals surface area contributed by atoms with Crippen LogP contribution < -0.4 is 11.1 Å². The molecule has 0 aromatic carbocycles. The number of guanidine groups is 1. The summed E-state index contributed by atoms with van der Waals surface area (Å²) in [7, 11) is 0. The Morgan fingerprint density at radius 3 is 2.73 bits per heavy atom. The van der Waals surface area contributed by atoms with E-state index in [2.05, 4.69) is 31.1 Å². The van der Waals surface area contributed by atoms with Crippen LogP contribution in [0.1, 0.15) is 40.0 Å². The van der Waals surface area contributed by atoms with Crippen LogP contribution in [0, 0.1) is 0 Å². The standard InChI is InChI=1S/C11H23N3O/c1-4-5-13-11(12)14-9-6-10(7-9)15-8(2)3/h8-10H,4-7H2,1-3H3,(H3,12,13,14). The summed E-state index contributed by atoms with van der Waals surface area (Å²) in [6.07, 6.45) is 3.84. The molecule has 0 aliphatic heterocycles. The lowest BCUT2D eigenvalue weighted by Gasteiger charge is -2.36. The number of nitrogens with one attached hydrogen (secondary N) is 1. The van der Waals surface area contributed by atoms with Gasteiger partial charge in [0.25, 0.3) is 0 Å². The van der Waals surface area contributed by atoms with Crippen molar-refractivity contribution in [2.75, 3.05) is 6.54 Å². The second-order valence-corrected chi connectivity index (χ2v) is 4.39. The first-order chi connectivity index (χ1) is 7.11. The molecule has 0 unspecified atom stereocenters. The number of nitrogens with zero attached hydrogens (tertiary/aromatic N) is 1. The van der Waals surface area contributed by atoms with Crippen LogP contribution in [0.2, 0.25) is 0 Å². The van der Waals surface area contributed by atoms with Gasteiger partial charge in [0.2, 0.25) is 0 Å². The number of hydrogen-bond acceptors (Lipinski definition) is 2. The Kier molecular flexibility index (Phi) is 4.88. The molecule has 0 aromatic heterocycles. The van der Waals surface area contributed by atoms with E-state index >= 15 is 0 Å². The van der Waals surface area contributed by atoms with Gasteiger partial charge in [0.05, 0.1) is 12.2 Å². The summed E-state index contributed by atoms with van der Waals surface area (Å²) in [5, 5.41) is 3.20. The second kappa shape index (κ2) is 5.95. The summed E-state index contributed by atoms with van der Waals surface area (Å²) in [5.41, 5.74) is 5.71. The van der Waals surface area contributed by atoms with Crippen molar-refractivity contribution in [3.8, 4) is 0 Å². The molecule has 0 spiro atoms. The van der Waals surface area contributed by atoms with E-state index in [4.69, 9.17) is 10.5 Å². The maximum atomic E-state index is 5.71. The molecule has 0 saturated heterocycles. The van der Waals surface area contributed by atoms with Crippen LogP contribution in [0.5, 0.6) is 0 Å². The summed E-state index contributed by atoms with van der Waals surface area (Å²) in [6.45, 7) is 7.03. The van der Waals surface area contributed by atoms with Gasteiger partial charge < -0.3 is 15.8 Å². The molecule has 0 aromatic rings. The van der Waals surface area contributed by atoms with Gasteiger partial charge in [-0.2, -0.15) is 0 Å². The SMILES string of the molecule is CCCN=C(N)NC1CC(OC(C)C)C1. The average molecular weight is 213 g/mol. The van der Waals surface area contributed by atoms with E-state index < -0.39 is 0 Å². The molecule has 1 aliphatic carbocycles. The highest BCUT2D eigenvalue weighted by atomic mass is 16.5. The van der Waals surface area contributed by atoms with Crippen molar-refractivity contribution in [2.24, 2.45) is 10.7 Å². The van der Waals surface area contributed by atoms with Crippen LogP contribution >= 0.6 is 0 Å². The van der Waals surface area contributed by atoms with Crippen molar-refractivity contribution in [3.05, 3.63) is 0 Å². The maximum Gasteiger partial charge on any atom is 0.188 e. The largest absolute Gasteiger partial charge is 0.375 e. The van der Waals surface area contributed by atoms with Gasteiger partial charge in [0, 0.05) is 12.6 Å². The van der Waals surface area contributed by atoms with E-state index in [0.717, 1.165) is 25.8 Å². The van der Waals surface area contributed by atoms with E-state index in [1.54, 1.807) is 0 Å². The minimum Gasteiger partial charge on any atom is -0.375 e. The van der Waals surface area contributed by atoms with Gasteiger partial charge >= 0.3 is 0 Å². The van der Waals surface area contributed by atoms with E-state index in [1.165, 1.54) is 0 Å². The fourth-order valence-corrected chi connectivity index (χ4v) is 1.67. The fourth-order valence-electron chi connectivity index (χ4n) is 1.67. The summed E-state index contributed by atoms with van der Waals surface area (Å²) in [4.78, 5) is 4.19. The Morgan fingerprint density at radius 2 is 2.20 bits per heavy atom. The van der Waals surface area contributed by atoms with Gasteiger partial charge in [-0.1, -0.05) is 6.92 Å². The lowest BCUT2D eigenvalue weighted by atomic mass is 9.89. The molecule has 1 fully saturated rings. The molecule has 4 nitrogen and oxygen atoms in total. The zero-order valence-corrected chi connectivity index (χ0v) is 9.99. The highest BCUT2D eigenvalue weighted by Crippen LogP contribution is 2.24. The lowest BCUT2D eigenvalue weighted by Crippen LogP contribution is -2.50. The molecule has 4 heteroatoms. The summed E-state index contributed by atoms with van der Waals surface area (Å²) in [6, 6.07) is 0.453. The smallest absolute Gasteiger partial charge is 0.188 e. The predicted octanol–water partition coefficient (Wildman–Crippen LogP) is 1.26. The molecule has 15 heavy (non-hydrogen) atoms. The van der Waals surface area contributed by atoms with E-state index in [9.17, 15) is 0 Å². The Hall–Kier alpha value is -0.770.